The highest BCUT2D eigenvalue weighted by Gasteiger charge is 2.31. The first kappa shape index (κ1) is 26.9. The van der Waals surface area contributed by atoms with Gasteiger partial charge >= 0.3 is 0 Å². The number of halogens is 1. The smallest absolute Gasteiger partial charge is 0.244 e. The maximum atomic E-state index is 13.5. The molecule has 0 spiro atoms. The Balaban J connectivity index is 2.43. The molecule has 0 radical (unpaired) electrons. The zero-order valence-corrected chi connectivity index (χ0v) is 22.2. The molecule has 0 unspecified atom stereocenters. The van der Waals surface area contributed by atoms with Crippen LogP contribution in [0.4, 0.5) is 5.69 Å². The fraction of sp³-hybridized carbons (Fsp3) is 0.417. The predicted octanol–water partition coefficient (Wildman–Crippen LogP) is 3.78. The van der Waals surface area contributed by atoms with Crippen molar-refractivity contribution >= 4 is 43.5 Å². The Kier molecular flexibility index (Phi) is 9.48. The number of sulfonamides is 1. The van der Waals surface area contributed by atoms with E-state index in [0.29, 0.717) is 12.2 Å². The third-order valence-corrected chi connectivity index (χ3v) is 6.93. The van der Waals surface area contributed by atoms with Crippen LogP contribution in [0.15, 0.2) is 46.9 Å². The molecule has 2 aromatic rings. The van der Waals surface area contributed by atoms with Crippen LogP contribution in [0.5, 0.6) is 0 Å². The lowest BCUT2D eigenvalue weighted by atomic mass is 10.1. The molecule has 0 aliphatic heterocycles. The lowest BCUT2D eigenvalue weighted by Gasteiger charge is -2.32. The van der Waals surface area contributed by atoms with Gasteiger partial charge in [-0.2, -0.15) is 0 Å². The van der Waals surface area contributed by atoms with E-state index in [9.17, 15) is 18.0 Å². The van der Waals surface area contributed by atoms with Gasteiger partial charge in [0.25, 0.3) is 0 Å². The first-order valence-corrected chi connectivity index (χ1v) is 13.4. The number of rotatable bonds is 10. The Bertz CT molecular complexity index is 1080. The molecular formula is C24H32BrN3O4S. The Morgan fingerprint density at radius 1 is 1.09 bits per heavy atom. The van der Waals surface area contributed by atoms with Crippen molar-refractivity contribution in [3.8, 4) is 0 Å². The summed E-state index contributed by atoms with van der Waals surface area (Å²) >= 11 is 3.43. The van der Waals surface area contributed by atoms with Crippen molar-refractivity contribution in [2.45, 2.75) is 46.7 Å². The zero-order valence-electron chi connectivity index (χ0n) is 19.8. The number of carbonyl (C=O) groups is 2. The third-order valence-electron chi connectivity index (χ3n) is 5.33. The molecule has 7 nitrogen and oxygen atoms in total. The van der Waals surface area contributed by atoms with Crippen molar-refractivity contribution in [2.24, 2.45) is 0 Å². The highest BCUT2D eigenvalue weighted by atomic mass is 79.9. The average molecular weight is 539 g/mol. The minimum Gasteiger partial charge on any atom is -0.354 e. The number of benzene rings is 2. The highest BCUT2D eigenvalue weighted by Crippen LogP contribution is 2.27. The van der Waals surface area contributed by atoms with E-state index in [2.05, 4.69) is 21.2 Å². The van der Waals surface area contributed by atoms with Gasteiger partial charge in [0.05, 0.1) is 11.9 Å². The summed E-state index contributed by atoms with van der Waals surface area (Å²) in [5, 5.41) is 2.82. The van der Waals surface area contributed by atoms with E-state index in [1.165, 1.54) is 4.90 Å². The minimum atomic E-state index is -3.75. The van der Waals surface area contributed by atoms with Crippen molar-refractivity contribution in [1.82, 2.24) is 10.2 Å². The summed E-state index contributed by atoms with van der Waals surface area (Å²) in [5.74, 6) is -0.736. The van der Waals surface area contributed by atoms with Gasteiger partial charge in [0.15, 0.2) is 0 Å². The van der Waals surface area contributed by atoms with Crippen LogP contribution in [0, 0.1) is 13.8 Å². The van der Waals surface area contributed by atoms with E-state index < -0.39 is 28.5 Å². The largest absolute Gasteiger partial charge is 0.354 e. The second-order valence-corrected chi connectivity index (χ2v) is 11.0. The van der Waals surface area contributed by atoms with Gasteiger partial charge in [-0.15, -0.1) is 0 Å². The van der Waals surface area contributed by atoms with Crippen LogP contribution < -0.4 is 9.62 Å². The summed E-state index contributed by atoms with van der Waals surface area (Å²) in [6, 6.07) is 12.1. The van der Waals surface area contributed by atoms with Crippen LogP contribution in [0.3, 0.4) is 0 Å². The molecule has 33 heavy (non-hydrogen) atoms. The fourth-order valence-corrected chi connectivity index (χ4v) is 5.00. The second kappa shape index (κ2) is 11.7. The Labute approximate surface area is 205 Å². The summed E-state index contributed by atoms with van der Waals surface area (Å²) in [7, 11) is -3.75. The van der Waals surface area contributed by atoms with Gasteiger partial charge in [-0.25, -0.2) is 8.42 Å². The van der Waals surface area contributed by atoms with E-state index in [4.69, 9.17) is 0 Å². The molecule has 9 heteroatoms. The first-order valence-electron chi connectivity index (χ1n) is 10.8. The molecule has 2 aromatic carbocycles. The number of carbonyl (C=O) groups excluding carboxylic acids is 2. The number of para-hydroxylation sites is 1. The molecule has 0 fully saturated rings. The number of amides is 2. The van der Waals surface area contributed by atoms with Crippen LogP contribution in [-0.2, 0) is 26.2 Å². The molecule has 1 atom stereocenters. The summed E-state index contributed by atoms with van der Waals surface area (Å²) in [5.41, 5.74) is 2.81. The normalized spacial score (nSPS) is 12.2. The fourth-order valence-electron chi connectivity index (χ4n) is 3.59. The van der Waals surface area contributed by atoms with E-state index in [1.807, 2.05) is 63.2 Å². The SMILES string of the molecule is CCCNC(=O)[C@H](C)N(Cc1cccc(Br)c1)C(=O)CN(c1c(C)cccc1C)S(C)(=O)=O. The van der Waals surface area contributed by atoms with Crippen LogP contribution in [0.25, 0.3) is 0 Å². The van der Waals surface area contributed by atoms with E-state index >= 15 is 0 Å². The van der Waals surface area contributed by atoms with E-state index in [0.717, 1.165) is 38.1 Å². The standard InChI is InChI=1S/C24H32BrN3O4S/c1-6-13-26-24(30)19(4)27(15-20-11-8-12-21(25)14-20)22(29)16-28(33(5,31)32)23-17(2)9-7-10-18(23)3/h7-12,14,19H,6,13,15-16H2,1-5H3,(H,26,30)/t19-/m0/s1. The van der Waals surface area contributed by atoms with Crippen LogP contribution in [-0.4, -0.2) is 50.5 Å². The van der Waals surface area contributed by atoms with Crippen molar-refractivity contribution in [1.29, 1.82) is 0 Å². The summed E-state index contributed by atoms with van der Waals surface area (Å²) in [6.07, 6.45) is 1.86. The third kappa shape index (κ3) is 7.30. The number of hydrogen-bond acceptors (Lipinski definition) is 4. The van der Waals surface area contributed by atoms with E-state index in [-0.39, 0.29) is 12.5 Å². The number of hydrogen-bond donors (Lipinski definition) is 1. The number of aryl methyl sites for hydroxylation is 2. The molecule has 0 aromatic heterocycles. The van der Waals surface area contributed by atoms with Gasteiger partial charge < -0.3 is 10.2 Å². The summed E-state index contributed by atoms with van der Waals surface area (Å²) in [6.45, 7) is 7.50. The number of nitrogens with one attached hydrogen (secondary N) is 1. The van der Waals surface area contributed by atoms with Gasteiger partial charge in [0, 0.05) is 17.6 Å². The van der Waals surface area contributed by atoms with Crippen molar-refractivity contribution in [3.05, 3.63) is 63.6 Å². The van der Waals surface area contributed by atoms with E-state index in [1.54, 1.807) is 6.92 Å². The molecule has 0 aliphatic rings. The summed E-state index contributed by atoms with van der Waals surface area (Å²) < 4.78 is 27.4. The van der Waals surface area contributed by atoms with Crippen LogP contribution in [0.2, 0.25) is 0 Å². The van der Waals surface area contributed by atoms with Crippen LogP contribution >= 0.6 is 15.9 Å². The Morgan fingerprint density at radius 3 is 2.24 bits per heavy atom. The van der Waals surface area contributed by atoms with Gasteiger partial charge in [-0.3, -0.25) is 13.9 Å². The lowest BCUT2D eigenvalue weighted by molar-refractivity contribution is -0.139. The maximum Gasteiger partial charge on any atom is 0.244 e. The lowest BCUT2D eigenvalue weighted by Crippen LogP contribution is -2.51. The summed E-state index contributed by atoms with van der Waals surface area (Å²) in [4.78, 5) is 27.7. The molecular weight excluding hydrogens is 506 g/mol. The predicted molar refractivity (Wildman–Crippen MR) is 136 cm³/mol. The molecule has 0 bridgehead atoms. The monoisotopic (exact) mass is 537 g/mol. The van der Waals surface area contributed by atoms with Gasteiger partial charge in [-0.05, 0) is 56.0 Å². The van der Waals surface area contributed by atoms with Gasteiger partial charge in [-0.1, -0.05) is 53.2 Å². The molecule has 2 rings (SSSR count). The number of nitrogens with zero attached hydrogens (tertiary/aromatic N) is 2. The highest BCUT2D eigenvalue weighted by molar-refractivity contribution is 9.10. The second-order valence-electron chi connectivity index (χ2n) is 8.13. The topological polar surface area (TPSA) is 86.8 Å². The molecule has 0 aliphatic carbocycles. The quantitative estimate of drug-likeness (QED) is 0.499. The van der Waals surface area contributed by atoms with Crippen molar-refractivity contribution in [3.63, 3.8) is 0 Å². The molecule has 0 saturated heterocycles. The van der Waals surface area contributed by atoms with Crippen molar-refractivity contribution in [2.75, 3.05) is 23.7 Å². The molecule has 2 amide bonds. The Hall–Kier alpha value is -2.39. The maximum absolute atomic E-state index is 13.5. The molecule has 0 saturated carbocycles. The number of anilines is 1. The molecule has 180 valence electrons. The zero-order chi connectivity index (χ0) is 24.8. The first-order chi connectivity index (χ1) is 15.5. The van der Waals surface area contributed by atoms with Crippen LogP contribution in [0.1, 0.15) is 37.0 Å². The Morgan fingerprint density at radius 2 is 1.70 bits per heavy atom. The molecule has 0 heterocycles. The van der Waals surface area contributed by atoms with Gasteiger partial charge in [0.2, 0.25) is 21.8 Å². The average Bonchev–Trinajstić information content (AvgIpc) is 2.73. The van der Waals surface area contributed by atoms with Crippen molar-refractivity contribution < 1.29 is 18.0 Å². The minimum absolute atomic E-state index is 0.170. The van der Waals surface area contributed by atoms with Gasteiger partial charge in [0.1, 0.15) is 12.6 Å². The molecule has 1 N–H and O–H groups in total.